The van der Waals surface area contributed by atoms with E-state index in [4.69, 9.17) is 4.74 Å². The van der Waals surface area contributed by atoms with Gasteiger partial charge in [-0.15, -0.1) is 0 Å². The van der Waals surface area contributed by atoms with Crippen molar-refractivity contribution in [2.75, 3.05) is 27.7 Å². The Bertz CT molecular complexity index is 1040. The summed E-state index contributed by atoms with van der Waals surface area (Å²) in [6, 6.07) is 14.6. The first-order valence-corrected chi connectivity index (χ1v) is 10.2. The summed E-state index contributed by atoms with van der Waals surface area (Å²) in [5, 5.41) is 1.12. The molecule has 1 aromatic heterocycles. The molecule has 0 unspecified atom stereocenters. The van der Waals surface area contributed by atoms with E-state index < -0.39 is 10.0 Å². The van der Waals surface area contributed by atoms with E-state index in [1.165, 1.54) is 7.11 Å². The summed E-state index contributed by atoms with van der Waals surface area (Å²) in [7, 11) is 3.66. The predicted octanol–water partition coefficient (Wildman–Crippen LogP) is 2.77. The highest BCUT2D eigenvalue weighted by atomic mass is 32.2. The molecule has 7 heteroatoms. The summed E-state index contributed by atoms with van der Waals surface area (Å²) in [4.78, 5) is 2.16. The third-order valence-corrected chi connectivity index (χ3v) is 6.20. The first-order chi connectivity index (χ1) is 12.8. The summed E-state index contributed by atoms with van der Waals surface area (Å²) in [6.07, 6.45) is 2.06. The molecule has 0 saturated carbocycles. The fourth-order valence-corrected chi connectivity index (χ4v) is 4.52. The molecule has 3 rings (SSSR count). The number of para-hydroxylation sites is 2. The van der Waals surface area contributed by atoms with Crippen LogP contribution in [0.1, 0.15) is 11.6 Å². The lowest BCUT2D eigenvalue weighted by molar-refractivity contribution is 0.300. The van der Waals surface area contributed by atoms with Crippen molar-refractivity contribution in [2.24, 2.45) is 7.05 Å². The van der Waals surface area contributed by atoms with E-state index in [9.17, 15) is 8.42 Å². The van der Waals surface area contributed by atoms with E-state index in [2.05, 4.69) is 27.6 Å². The molecule has 0 aliphatic rings. The van der Waals surface area contributed by atoms with Crippen LogP contribution in [0.15, 0.2) is 59.6 Å². The number of rotatable bonds is 7. The summed E-state index contributed by atoms with van der Waals surface area (Å²) < 4.78 is 35.7. The van der Waals surface area contributed by atoms with Gasteiger partial charge in [-0.1, -0.05) is 30.3 Å². The van der Waals surface area contributed by atoms with Crippen molar-refractivity contribution in [3.05, 3.63) is 60.3 Å². The number of ether oxygens (including phenoxy) is 1. The van der Waals surface area contributed by atoms with Gasteiger partial charge in [0.05, 0.1) is 7.11 Å². The Morgan fingerprint density at radius 2 is 1.78 bits per heavy atom. The van der Waals surface area contributed by atoms with E-state index >= 15 is 0 Å². The van der Waals surface area contributed by atoms with Crippen molar-refractivity contribution in [2.45, 2.75) is 10.9 Å². The molecule has 0 spiro atoms. The number of sulfonamides is 1. The summed E-state index contributed by atoms with van der Waals surface area (Å²) in [5.41, 5.74) is 2.20. The second-order valence-corrected chi connectivity index (χ2v) is 8.43. The van der Waals surface area contributed by atoms with Crippen LogP contribution in [0.25, 0.3) is 10.9 Å². The van der Waals surface area contributed by atoms with Gasteiger partial charge in [-0.05, 0) is 37.9 Å². The Morgan fingerprint density at radius 3 is 2.48 bits per heavy atom. The van der Waals surface area contributed by atoms with Gasteiger partial charge in [-0.2, -0.15) is 0 Å². The first-order valence-electron chi connectivity index (χ1n) is 8.68. The highest BCUT2D eigenvalue weighted by Crippen LogP contribution is 2.29. The predicted molar refractivity (Wildman–Crippen MR) is 108 cm³/mol. The molecular weight excluding hydrogens is 362 g/mol. The van der Waals surface area contributed by atoms with Gasteiger partial charge in [-0.25, -0.2) is 13.1 Å². The monoisotopic (exact) mass is 387 g/mol. The molecular formula is C20H25N3O3S. The fraction of sp³-hybridized carbons (Fsp3) is 0.300. The Labute approximate surface area is 160 Å². The molecule has 0 aliphatic carbocycles. The molecule has 27 heavy (non-hydrogen) atoms. The molecule has 2 aromatic carbocycles. The lowest BCUT2D eigenvalue weighted by Crippen LogP contribution is -2.34. The molecule has 0 amide bonds. The Balaban J connectivity index is 1.91. The van der Waals surface area contributed by atoms with E-state index in [0.717, 1.165) is 16.5 Å². The average Bonchev–Trinajstić information content (AvgIpc) is 2.98. The van der Waals surface area contributed by atoms with Gasteiger partial charge < -0.3 is 14.2 Å². The smallest absolute Gasteiger partial charge is 0.244 e. The maximum absolute atomic E-state index is 12.8. The normalized spacial score (nSPS) is 13.2. The quantitative estimate of drug-likeness (QED) is 0.677. The van der Waals surface area contributed by atoms with E-state index in [1.54, 1.807) is 24.3 Å². The number of benzene rings is 2. The molecule has 0 aliphatic heterocycles. The standard InChI is InChI=1S/C20H25N3O3S/c1-22(2)18(16-14-23(3)17-10-6-5-9-15(16)17)13-21-27(24,25)20-12-8-7-11-19(20)26-4/h5-12,14,18,21H,13H2,1-4H3/t18-/m1/s1. The summed E-state index contributed by atoms with van der Waals surface area (Å²) in [6.45, 7) is 0.251. The Kier molecular flexibility index (Phi) is 5.55. The van der Waals surface area contributed by atoms with Crippen molar-refractivity contribution >= 4 is 20.9 Å². The van der Waals surface area contributed by atoms with Crippen LogP contribution in [-0.4, -0.2) is 45.6 Å². The number of methoxy groups -OCH3 is 1. The zero-order chi connectivity index (χ0) is 19.6. The first kappa shape index (κ1) is 19.4. The maximum Gasteiger partial charge on any atom is 0.244 e. The number of hydrogen-bond donors (Lipinski definition) is 1. The van der Waals surface area contributed by atoms with Gasteiger partial charge in [0.1, 0.15) is 10.6 Å². The largest absolute Gasteiger partial charge is 0.495 e. The van der Waals surface area contributed by atoms with Gasteiger partial charge in [0.25, 0.3) is 0 Å². The average molecular weight is 388 g/mol. The molecule has 1 heterocycles. The van der Waals surface area contributed by atoms with Crippen molar-refractivity contribution in [3.63, 3.8) is 0 Å². The topological polar surface area (TPSA) is 63.6 Å². The zero-order valence-electron chi connectivity index (χ0n) is 16.0. The van der Waals surface area contributed by atoms with Crippen LogP contribution >= 0.6 is 0 Å². The highest BCUT2D eigenvalue weighted by Gasteiger charge is 2.24. The molecule has 0 bridgehead atoms. The second-order valence-electron chi connectivity index (χ2n) is 6.69. The van der Waals surface area contributed by atoms with Crippen LogP contribution in [0.2, 0.25) is 0 Å². The van der Waals surface area contributed by atoms with Crippen LogP contribution in [0.5, 0.6) is 5.75 Å². The van der Waals surface area contributed by atoms with Crippen LogP contribution < -0.4 is 9.46 Å². The van der Waals surface area contributed by atoms with Gasteiger partial charge in [0.2, 0.25) is 10.0 Å². The minimum atomic E-state index is -3.69. The van der Waals surface area contributed by atoms with E-state index in [0.29, 0.717) is 5.75 Å². The molecule has 3 aromatic rings. The lowest BCUT2D eigenvalue weighted by atomic mass is 10.1. The number of aromatic nitrogens is 1. The molecule has 0 radical (unpaired) electrons. The SMILES string of the molecule is COc1ccccc1S(=O)(=O)NC[C@H](c1cn(C)c2ccccc12)N(C)C. The number of hydrogen-bond acceptors (Lipinski definition) is 4. The molecule has 0 fully saturated rings. The van der Waals surface area contributed by atoms with Gasteiger partial charge in [-0.3, -0.25) is 0 Å². The second kappa shape index (κ2) is 7.72. The van der Waals surface area contributed by atoms with Crippen molar-refractivity contribution in [3.8, 4) is 5.75 Å². The molecule has 6 nitrogen and oxygen atoms in total. The lowest BCUT2D eigenvalue weighted by Gasteiger charge is -2.24. The Morgan fingerprint density at radius 1 is 1.11 bits per heavy atom. The number of aryl methyl sites for hydroxylation is 1. The number of likely N-dealkylation sites (N-methyl/N-ethyl adjacent to an activating group) is 1. The summed E-state index contributed by atoms with van der Waals surface area (Å²) >= 11 is 0. The fourth-order valence-electron chi connectivity index (χ4n) is 3.32. The molecule has 1 N–H and O–H groups in total. The van der Waals surface area contributed by atoms with Gasteiger partial charge in [0, 0.05) is 36.7 Å². The minimum Gasteiger partial charge on any atom is -0.495 e. The number of nitrogens with one attached hydrogen (secondary N) is 1. The maximum atomic E-state index is 12.8. The molecule has 144 valence electrons. The molecule has 1 atom stereocenters. The highest BCUT2D eigenvalue weighted by molar-refractivity contribution is 7.89. The third kappa shape index (κ3) is 3.85. The number of nitrogens with zero attached hydrogens (tertiary/aromatic N) is 2. The van der Waals surface area contributed by atoms with Crippen molar-refractivity contribution < 1.29 is 13.2 Å². The Hall–Kier alpha value is -2.35. The van der Waals surface area contributed by atoms with E-state index in [-0.39, 0.29) is 17.5 Å². The van der Waals surface area contributed by atoms with Crippen LogP contribution in [0.3, 0.4) is 0 Å². The van der Waals surface area contributed by atoms with Crippen LogP contribution in [0.4, 0.5) is 0 Å². The third-order valence-electron chi connectivity index (χ3n) is 4.74. The van der Waals surface area contributed by atoms with Gasteiger partial charge in [0.15, 0.2) is 0 Å². The zero-order valence-corrected chi connectivity index (χ0v) is 16.8. The van der Waals surface area contributed by atoms with E-state index in [1.807, 2.05) is 38.2 Å². The minimum absolute atomic E-state index is 0.111. The molecule has 0 saturated heterocycles. The van der Waals surface area contributed by atoms with Crippen molar-refractivity contribution in [1.29, 1.82) is 0 Å². The van der Waals surface area contributed by atoms with Crippen LogP contribution in [-0.2, 0) is 17.1 Å². The van der Waals surface area contributed by atoms with Gasteiger partial charge >= 0.3 is 0 Å². The summed E-state index contributed by atoms with van der Waals surface area (Å²) in [5.74, 6) is 0.330. The van der Waals surface area contributed by atoms with Crippen LogP contribution in [0, 0.1) is 0 Å². The van der Waals surface area contributed by atoms with Crippen molar-refractivity contribution in [1.82, 2.24) is 14.2 Å². The number of fused-ring (bicyclic) bond motifs is 1.